The molecular formula is C24H29ClF3N7O6S. The summed E-state index contributed by atoms with van der Waals surface area (Å²) in [4.78, 5) is 12.2. The number of fused-ring (bicyclic) bond motifs is 3. The van der Waals surface area contributed by atoms with Crippen LogP contribution in [0, 0.1) is 0 Å². The molecule has 1 N–H and O–H groups in total. The summed E-state index contributed by atoms with van der Waals surface area (Å²) in [5.74, 6) is -0.294. The van der Waals surface area contributed by atoms with Gasteiger partial charge in [0.15, 0.2) is 29.8 Å². The molecule has 0 aromatic carbocycles. The SMILES string of the molecule is CCOC[C@H]1COc2c(OCC(F)(F)F)cncc2-c2nnc(NS(=O)(=O)[C@@H](C)[C@@H](OC(C)C)c3ncc(Cl)cn3)n21. The molecule has 4 rings (SSSR count). The van der Waals surface area contributed by atoms with Gasteiger partial charge < -0.3 is 18.9 Å². The van der Waals surface area contributed by atoms with E-state index in [4.69, 9.17) is 30.5 Å². The fraction of sp³-hybridized carbons (Fsp3) is 0.542. The number of anilines is 1. The summed E-state index contributed by atoms with van der Waals surface area (Å²) < 4.78 is 92.1. The zero-order chi connectivity index (χ0) is 30.7. The van der Waals surface area contributed by atoms with Crippen LogP contribution in [0.2, 0.25) is 5.02 Å². The van der Waals surface area contributed by atoms with Crippen molar-refractivity contribution in [2.45, 2.75) is 57.4 Å². The molecule has 0 saturated heterocycles. The summed E-state index contributed by atoms with van der Waals surface area (Å²) in [6.07, 6.45) is -0.974. The standard InChI is InChI=1S/C24H29ClF3N7O6S/c1-5-38-10-16-11-39-20-17(8-29-9-18(20)40-12-24(26,27)28)22-32-33-23(35(16)22)34-42(36,37)14(4)19(41-13(2)3)21-30-6-15(25)7-31-21/h6-9,13-14,16,19H,5,10-12H2,1-4H3,(H,33,34)/t14-,16-,19+/m0/s1. The lowest BCUT2D eigenvalue weighted by Gasteiger charge is -2.26. The quantitative estimate of drug-likeness (QED) is 0.307. The number of alkyl halides is 3. The molecule has 4 heterocycles. The first-order valence-corrected chi connectivity index (χ1v) is 14.7. The molecule has 13 nitrogen and oxygen atoms in total. The van der Waals surface area contributed by atoms with Gasteiger partial charge in [0.2, 0.25) is 16.0 Å². The van der Waals surface area contributed by atoms with E-state index in [0.29, 0.717) is 6.61 Å². The van der Waals surface area contributed by atoms with Crippen molar-refractivity contribution in [1.29, 1.82) is 0 Å². The van der Waals surface area contributed by atoms with Crippen molar-refractivity contribution >= 4 is 27.6 Å². The summed E-state index contributed by atoms with van der Waals surface area (Å²) in [6.45, 7) is 5.35. The minimum Gasteiger partial charge on any atom is -0.487 e. The predicted molar refractivity (Wildman–Crippen MR) is 144 cm³/mol. The van der Waals surface area contributed by atoms with Gasteiger partial charge in [-0.15, -0.1) is 10.2 Å². The Morgan fingerprint density at radius 1 is 1.17 bits per heavy atom. The summed E-state index contributed by atoms with van der Waals surface area (Å²) in [5, 5.41) is 7.24. The number of ether oxygens (including phenoxy) is 4. The van der Waals surface area contributed by atoms with Crippen LogP contribution >= 0.6 is 11.6 Å². The fourth-order valence-corrected chi connectivity index (χ4v) is 5.24. The normalized spacial score (nSPS) is 16.6. The van der Waals surface area contributed by atoms with Gasteiger partial charge in [-0.2, -0.15) is 13.2 Å². The van der Waals surface area contributed by atoms with E-state index >= 15 is 0 Å². The molecule has 18 heteroatoms. The van der Waals surface area contributed by atoms with E-state index in [2.05, 4.69) is 29.9 Å². The maximum absolute atomic E-state index is 13.7. The first-order valence-electron chi connectivity index (χ1n) is 12.8. The van der Waals surface area contributed by atoms with Crippen LogP contribution in [-0.2, 0) is 19.5 Å². The molecule has 42 heavy (non-hydrogen) atoms. The van der Waals surface area contributed by atoms with Gasteiger partial charge in [-0.25, -0.2) is 18.4 Å². The third kappa shape index (κ3) is 7.37. The van der Waals surface area contributed by atoms with Crippen LogP contribution in [-0.4, -0.2) is 82.1 Å². The van der Waals surface area contributed by atoms with E-state index in [1.807, 2.05) is 0 Å². The molecule has 0 bridgehead atoms. The van der Waals surface area contributed by atoms with E-state index in [0.717, 1.165) is 6.20 Å². The number of hydrogen-bond donors (Lipinski definition) is 1. The van der Waals surface area contributed by atoms with E-state index in [1.165, 1.54) is 30.1 Å². The Labute approximate surface area is 244 Å². The number of aromatic nitrogens is 6. The lowest BCUT2D eigenvalue weighted by Crippen LogP contribution is -2.35. The molecule has 230 valence electrons. The second-order valence-electron chi connectivity index (χ2n) is 9.48. The third-order valence-corrected chi connectivity index (χ3v) is 7.84. The maximum Gasteiger partial charge on any atom is 0.422 e. The molecule has 0 radical (unpaired) electrons. The van der Waals surface area contributed by atoms with E-state index < -0.39 is 40.2 Å². The van der Waals surface area contributed by atoms with Crippen molar-refractivity contribution in [1.82, 2.24) is 29.7 Å². The minimum atomic E-state index is -4.60. The van der Waals surface area contributed by atoms with Crippen LogP contribution in [0.15, 0.2) is 24.8 Å². The summed E-state index contributed by atoms with van der Waals surface area (Å²) in [7, 11) is -4.24. The van der Waals surface area contributed by atoms with Crippen molar-refractivity contribution in [3.8, 4) is 22.9 Å². The first-order chi connectivity index (χ1) is 19.8. The Morgan fingerprint density at radius 2 is 1.88 bits per heavy atom. The highest BCUT2D eigenvalue weighted by Crippen LogP contribution is 2.42. The fourth-order valence-electron chi connectivity index (χ4n) is 4.05. The number of halogens is 4. The predicted octanol–water partition coefficient (Wildman–Crippen LogP) is 3.99. The van der Waals surface area contributed by atoms with Gasteiger partial charge in [-0.1, -0.05) is 11.6 Å². The number of nitrogens with one attached hydrogen (secondary N) is 1. The van der Waals surface area contributed by atoms with Crippen LogP contribution in [0.4, 0.5) is 19.1 Å². The molecule has 3 atom stereocenters. The second kappa shape index (κ2) is 12.9. The van der Waals surface area contributed by atoms with Gasteiger partial charge in [0.1, 0.15) is 18.0 Å². The number of nitrogens with zero attached hydrogens (tertiary/aromatic N) is 6. The number of sulfonamides is 1. The topological polar surface area (TPSA) is 152 Å². The Kier molecular flexibility index (Phi) is 9.74. The molecule has 0 spiro atoms. The molecule has 0 fully saturated rings. The molecule has 0 unspecified atom stereocenters. The minimum absolute atomic E-state index is 0.0453. The molecule has 3 aromatic heterocycles. The van der Waals surface area contributed by atoms with Crippen LogP contribution in [0.1, 0.15) is 45.7 Å². The Bertz CT molecular complexity index is 1470. The maximum atomic E-state index is 13.7. The monoisotopic (exact) mass is 635 g/mol. The molecule has 1 aliphatic heterocycles. The van der Waals surface area contributed by atoms with E-state index in [1.54, 1.807) is 20.8 Å². The van der Waals surface area contributed by atoms with Gasteiger partial charge in [0.25, 0.3) is 0 Å². The zero-order valence-corrected chi connectivity index (χ0v) is 24.6. The number of pyridine rings is 1. The Hall–Kier alpha value is -3.28. The van der Waals surface area contributed by atoms with E-state index in [-0.39, 0.29) is 59.0 Å². The van der Waals surface area contributed by atoms with Gasteiger partial charge >= 0.3 is 6.18 Å². The first kappa shape index (κ1) is 31.7. The molecule has 1 aliphatic rings. The largest absolute Gasteiger partial charge is 0.487 e. The van der Waals surface area contributed by atoms with Gasteiger partial charge in [0.05, 0.1) is 35.5 Å². The van der Waals surface area contributed by atoms with Crippen molar-refractivity contribution in [2.75, 3.05) is 31.1 Å². The molecule has 0 amide bonds. The van der Waals surface area contributed by atoms with Gasteiger partial charge in [-0.3, -0.25) is 14.3 Å². The summed E-state index contributed by atoms with van der Waals surface area (Å²) >= 11 is 5.90. The molecule has 0 saturated carbocycles. The zero-order valence-electron chi connectivity index (χ0n) is 23.0. The van der Waals surface area contributed by atoms with Gasteiger partial charge in [0, 0.05) is 25.2 Å². The van der Waals surface area contributed by atoms with Crippen molar-refractivity contribution in [3.05, 3.63) is 35.6 Å². The van der Waals surface area contributed by atoms with Crippen LogP contribution in [0.3, 0.4) is 0 Å². The van der Waals surface area contributed by atoms with Crippen LogP contribution in [0.5, 0.6) is 11.5 Å². The average molecular weight is 636 g/mol. The van der Waals surface area contributed by atoms with Crippen molar-refractivity contribution in [3.63, 3.8) is 0 Å². The van der Waals surface area contributed by atoms with Gasteiger partial charge in [-0.05, 0) is 27.7 Å². The second-order valence-corrected chi connectivity index (χ2v) is 12.0. The highest BCUT2D eigenvalue weighted by atomic mass is 35.5. The Morgan fingerprint density at radius 3 is 2.52 bits per heavy atom. The van der Waals surface area contributed by atoms with Crippen molar-refractivity contribution in [2.24, 2.45) is 0 Å². The van der Waals surface area contributed by atoms with Crippen LogP contribution in [0.25, 0.3) is 11.4 Å². The lowest BCUT2D eigenvalue weighted by molar-refractivity contribution is -0.153. The molecule has 3 aromatic rings. The summed E-state index contributed by atoms with van der Waals surface area (Å²) in [6, 6.07) is -0.687. The molecular weight excluding hydrogens is 607 g/mol. The number of hydrogen-bond acceptors (Lipinski definition) is 11. The highest BCUT2D eigenvalue weighted by Gasteiger charge is 2.38. The summed E-state index contributed by atoms with van der Waals surface area (Å²) in [5.41, 5.74) is 0.148. The lowest BCUT2D eigenvalue weighted by atomic mass is 10.2. The highest BCUT2D eigenvalue weighted by molar-refractivity contribution is 7.93. The smallest absolute Gasteiger partial charge is 0.422 e. The third-order valence-electron chi connectivity index (χ3n) is 5.95. The van der Waals surface area contributed by atoms with Crippen LogP contribution < -0.4 is 14.2 Å². The number of rotatable bonds is 12. The van der Waals surface area contributed by atoms with Crippen molar-refractivity contribution < 1.29 is 40.5 Å². The Balaban J connectivity index is 1.72. The molecule has 0 aliphatic carbocycles. The van der Waals surface area contributed by atoms with E-state index in [9.17, 15) is 21.6 Å². The average Bonchev–Trinajstić information content (AvgIpc) is 3.24.